The maximum Gasteiger partial charge on any atom is 0.199 e. The van der Waals surface area contributed by atoms with Crippen molar-refractivity contribution in [3.63, 3.8) is 0 Å². The van der Waals surface area contributed by atoms with Crippen molar-refractivity contribution in [1.29, 1.82) is 0 Å². The van der Waals surface area contributed by atoms with Crippen molar-refractivity contribution < 1.29 is 9.15 Å². The third-order valence-electron chi connectivity index (χ3n) is 4.48. The summed E-state index contributed by atoms with van der Waals surface area (Å²) >= 11 is 0. The number of ether oxygens (including phenoxy) is 1. The molecule has 1 fully saturated rings. The van der Waals surface area contributed by atoms with Crippen molar-refractivity contribution in [2.75, 3.05) is 18.0 Å². The summed E-state index contributed by atoms with van der Waals surface area (Å²) < 4.78 is 11.8. The van der Waals surface area contributed by atoms with Crippen molar-refractivity contribution in [2.45, 2.75) is 25.9 Å². The average molecular weight is 336 g/mol. The molecule has 0 radical (unpaired) electrons. The van der Waals surface area contributed by atoms with Gasteiger partial charge in [-0.25, -0.2) is 0 Å². The van der Waals surface area contributed by atoms with Crippen LogP contribution in [0.25, 0.3) is 11.0 Å². The smallest absolute Gasteiger partial charge is 0.199 e. The van der Waals surface area contributed by atoms with Crippen LogP contribution < -0.4 is 15.1 Å². The lowest BCUT2D eigenvalue weighted by atomic mass is 10.1. The van der Waals surface area contributed by atoms with E-state index in [2.05, 4.69) is 9.88 Å². The lowest BCUT2D eigenvalue weighted by Gasteiger charge is -2.27. The molecular formula is C20H20N2O3. The highest BCUT2D eigenvalue weighted by molar-refractivity contribution is 5.79. The summed E-state index contributed by atoms with van der Waals surface area (Å²) in [7, 11) is 0. The van der Waals surface area contributed by atoms with E-state index in [4.69, 9.17) is 9.15 Å². The van der Waals surface area contributed by atoms with E-state index in [1.54, 1.807) is 36.7 Å². The minimum atomic E-state index is -0.0133. The van der Waals surface area contributed by atoms with E-state index in [9.17, 15) is 4.79 Å². The minimum Gasteiger partial charge on any atom is -0.489 e. The Kier molecular flexibility index (Phi) is 4.37. The molecule has 2 aromatic heterocycles. The fourth-order valence-electron chi connectivity index (χ4n) is 3.13. The summed E-state index contributed by atoms with van der Waals surface area (Å²) in [5, 5.41) is 0.578. The van der Waals surface area contributed by atoms with Gasteiger partial charge in [0.15, 0.2) is 11.3 Å². The first-order valence-electron chi connectivity index (χ1n) is 8.64. The molecule has 0 aliphatic carbocycles. The van der Waals surface area contributed by atoms with E-state index in [0.29, 0.717) is 29.2 Å². The Labute approximate surface area is 145 Å². The van der Waals surface area contributed by atoms with E-state index < -0.39 is 0 Å². The van der Waals surface area contributed by atoms with Crippen LogP contribution in [0, 0.1) is 0 Å². The van der Waals surface area contributed by atoms with Crippen LogP contribution in [0.5, 0.6) is 5.75 Å². The van der Waals surface area contributed by atoms with E-state index in [1.165, 1.54) is 6.42 Å². The molecule has 0 bridgehead atoms. The molecule has 0 unspecified atom stereocenters. The number of rotatable bonds is 4. The van der Waals surface area contributed by atoms with Gasteiger partial charge in [-0.1, -0.05) is 6.07 Å². The van der Waals surface area contributed by atoms with Gasteiger partial charge in [-0.15, -0.1) is 0 Å². The predicted molar refractivity (Wildman–Crippen MR) is 97.1 cm³/mol. The Morgan fingerprint density at radius 1 is 1.12 bits per heavy atom. The topological polar surface area (TPSA) is 55.6 Å². The molecule has 5 nitrogen and oxygen atoms in total. The first kappa shape index (κ1) is 15.7. The average Bonchev–Trinajstić information content (AvgIpc) is 2.67. The van der Waals surface area contributed by atoms with Crippen LogP contribution in [0.1, 0.15) is 24.8 Å². The van der Waals surface area contributed by atoms with Gasteiger partial charge in [-0.05, 0) is 37.5 Å². The number of nitrogens with zero attached hydrogens (tertiary/aromatic N) is 2. The highest BCUT2D eigenvalue weighted by atomic mass is 16.5. The number of hydrogen-bond acceptors (Lipinski definition) is 5. The Balaban J connectivity index is 1.60. The van der Waals surface area contributed by atoms with Crippen LogP contribution >= 0.6 is 0 Å². The number of benzene rings is 1. The second-order valence-electron chi connectivity index (χ2n) is 6.30. The SMILES string of the molecule is O=c1cc(N2CCCCC2)oc2cc(OCc3cccnc3)ccc12. The van der Waals surface area contributed by atoms with Gasteiger partial charge in [0.25, 0.3) is 0 Å². The van der Waals surface area contributed by atoms with Crippen molar-refractivity contribution in [3.05, 3.63) is 64.6 Å². The molecule has 25 heavy (non-hydrogen) atoms. The molecule has 1 saturated heterocycles. The number of hydrogen-bond donors (Lipinski definition) is 0. The van der Waals surface area contributed by atoms with Crippen molar-refractivity contribution in [1.82, 2.24) is 4.98 Å². The molecule has 0 N–H and O–H groups in total. The molecule has 1 aliphatic rings. The van der Waals surface area contributed by atoms with Gasteiger partial charge in [0, 0.05) is 43.2 Å². The summed E-state index contributed by atoms with van der Waals surface area (Å²) in [5.74, 6) is 1.33. The highest BCUT2D eigenvalue weighted by Gasteiger charge is 2.15. The maximum atomic E-state index is 12.4. The zero-order valence-corrected chi connectivity index (χ0v) is 14.0. The zero-order valence-electron chi connectivity index (χ0n) is 14.0. The van der Waals surface area contributed by atoms with Gasteiger partial charge in [-0.2, -0.15) is 0 Å². The number of aromatic nitrogens is 1. The first-order chi connectivity index (χ1) is 12.3. The Morgan fingerprint density at radius 3 is 2.80 bits per heavy atom. The van der Waals surface area contributed by atoms with Crippen LogP contribution in [0.2, 0.25) is 0 Å². The van der Waals surface area contributed by atoms with Gasteiger partial charge in [0.1, 0.15) is 17.9 Å². The van der Waals surface area contributed by atoms with Crippen LogP contribution in [0.3, 0.4) is 0 Å². The standard InChI is InChI=1S/C20H20N2O3/c23-18-12-20(22-9-2-1-3-10-22)25-19-11-16(6-7-17(18)19)24-14-15-5-4-8-21-13-15/h4-8,11-13H,1-3,9-10,14H2. The molecule has 1 aliphatic heterocycles. The Bertz CT molecular complexity index is 915. The third kappa shape index (κ3) is 3.50. The summed E-state index contributed by atoms with van der Waals surface area (Å²) in [5.41, 5.74) is 1.54. The van der Waals surface area contributed by atoms with E-state index >= 15 is 0 Å². The number of fused-ring (bicyclic) bond motifs is 1. The fraction of sp³-hybridized carbons (Fsp3) is 0.300. The highest BCUT2D eigenvalue weighted by Crippen LogP contribution is 2.25. The number of anilines is 1. The lowest BCUT2D eigenvalue weighted by molar-refractivity contribution is 0.305. The van der Waals surface area contributed by atoms with Crippen molar-refractivity contribution >= 4 is 16.9 Å². The molecule has 3 heterocycles. The summed E-state index contributed by atoms with van der Waals surface area (Å²) in [6.07, 6.45) is 7.01. The monoisotopic (exact) mass is 336 g/mol. The molecule has 0 saturated carbocycles. The molecule has 128 valence electrons. The van der Waals surface area contributed by atoms with E-state index in [1.807, 2.05) is 12.1 Å². The molecular weight excluding hydrogens is 316 g/mol. The quantitative estimate of drug-likeness (QED) is 0.726. The van der Waals surface area contributed by atoms with Crippen LogP contribution in [0.15, 0.2) is 58.0 Å². The number of piperidine rings is 1. The van der Waals surface area contributed by atoms with Crippen LogP contribution in [0.4, 0.5) is 5.88 Å². The summed E-state index contributed by atoms with van der Waals surface area (Å²) in [6.45, 7) is 2.30. The maximum absolute atomic E-state index is 12.4. The number of pyridine rings is 1. The lowest BCUT2D eigenvalue weighted by Crippen LogP contribution is -2.30. The van der Waals surface area contributed by atoms with Crippen LogP contribution in [-0.2, 0) is 6.61 Å². The molecule has 0 amide bonds. The molecule has 5 heteroatoms. The van der Waals surface area contributed by atoms with Crippen molar-refractivity contribution in [2.24, 2.45) is 0 Å². The Hall–Kier alpha value is -2.82. The summed E-state index contributed by atoms with van der Waals surface area (Å²) in [4.78, 5) is 18.6. The Morgan fingerprint density at radius 2 is 2.00 bits per heavy atom. The van der Waals surface area contributed by atoms with Gasteiger partial charge < -0.3 is 14.1 Å². The molecule has 0 atom stereocenters. The van der Waals surface area contributed by atoms with Gasteiger partial charge in [0.05, 0.1) is 5.39 Å². The van der Waals surface area contributed by atoms with E-state index in [-0.39, 0.29) is 5.43 Å². The second kappa shape index (κ2) is 6.97. The summed E-state index contributed by atoms with van der Waals surface area (Å²) in [6, 6.07) is 10.8. The predicted octanol–water partition coefficient (Wildman–Crippen LogP) is 3.76. The normalized spacial score (nSPS) is 14.6. The zero-order chi connectivity index (χ0) is 17.1. The van der Waals surface area contributed by atoms with Crippen molar-refractivity contribution in [3.8, 4) is 5.75 Å². The molecule has 0 spiro atoms. The minimum absolute atomic E-state index is 0.0133. The van der Waals surface area contributed by atoms with E-state index in [0.717, 1.165) is 31.5 Å². The molecule has 1 aromatic carbocycles. The second-order valence-corrected chi connectivity index (χ2v) is 6.30. The van der Waals surface area contributed by atoms with Gasteiger partial charge in [0.2, 0.25) is 0 Å². The first-order valence-corrected chi connectivity index (χ1v) is 8.64. The third-order valence-corrected chi connectivity index (χ3v) is 4.48. The van der Waals surface area contributed by atoms with Gasteiger partial charge >= 0.3 is 0 Å². The van der Waals surface area contributed by atoms with Crippen LogP contribution in [-0.4, -0.2) is 18.1 Å². The van der Waals surface area contributed by atoms with Gasteiger partial charge in [-0.3, -0.25) is 9.78 Å². The largest absolute Gasteiger partial charge is 0.489 e. The fourth-order valence-corrected chi connectivity index (χ4v) is 3.13. The molecule has 3 aromatic rings. The molecule has 4 rings (SSSR count).